The summed E-state index contributed by atoms with van der Waals surface area (Å²) < 4.78 is 18.7. The van der Waals surface area contributed by atoms with Gasteiger partial charge in [-0.2, -0.15) is 0 Å². The molecule has 0 spiro atoms. The van der Waals surface area contributed by atoms with Gasteiger partial charge in [0.15, 0.2) is 0 Å². The maximum absolute atomic E-state index is 12.8. The zero-order valence-corrected chi connectivity index (χ0v) is 11.0. The second kappa shape index (κ2) is 4.85. The van der Waals surface area contributed by atoms with Gasteiger partial charge in [0, 0.05) is 17.2 Å². The first-order valence-electron chi connectivity index (χ1n) is 6.18. The van der Waals surface area contributed by atoms with E-state index in [4.69, 9.17) is 16.3 Å². The molecule has 1 aromatic carbocycles. The van der Waals surface area contributed by atoms with Gasteiger partial charge in [-0.3, -0.25) is 0 Å². The van der Waals surface area contributed by atoms with Gasteiger partial charge >= 0.3 is 0 Å². The minimum Gasteiger partial charge on any atom is -0.490 e. The van der Waals surface area contributed by atoms with E-state index < -0.39 is 0 Å². The van der Waals surface area contributed by atoms with Gasteiger partial charge < -0.3 is 4.74 Å². The average molecular weight is 257 g/mol. The van der Waals surface area contributed by atoms with Gasteiger partial charge in [0.25, 0.3) is 0 Å². The Kier molecular flexibility index (Phi) is 3.62. The van der Waals surface area contributed by atoms with Gasteiger partial charge in [0.05, 0.1) is 0 Å². The summed E-state index contributed by atoms with van der Waals surface area (Å²) >= 11 is 6.32. The standard InChI is InChI=1S/C14H18ClFO/c1-3-14(4-2)12(15)9-13(14)17-11-7-5-10(16)6-8-11/h5-8,12-13H,3-4,9H2,1-2H3. The second-order valence-electron chi connectivity index (χ2n) is 4.70. The van der Waals surface area contributed by atoms with Crippen LogP contribution in [0.5, 0.6) is 5.75 Å². The molecule has 0 radical (unpaired) electrons. The van der Waals surface area contributed by atoms with Crippen LogP contribution in [0.25, 0.3) is 0 Å². The summed E-state index contributed by atoms with van der Waals surface area (Å²) in [5.41, 5.74) is 0.0793. The highest BCUT2D eigenvalue weighted by Gasteiger charge is 2.53. The zero-order valence-electron chi connectivity index (χ0n) is 10.2. The number of benzene rings is 1. The molecule has 1 nitrogen and oxygen atoms in total. The maximum Gasteiger partial charge on any atom is 0.123 e. The third-order valence-electron chi connectivity index (χ3n) is 4.09. The van der Waals surface area contributed by atoms with Crippen molar-refractivity contribution in [1.82, 2.24) is 0 Å². The Morgan fingerprint density at radius 3 is 2.35 bits per heavy atom. The molecule has 2 atom stereocenters. The summed E-state index contributed by atoms with van der Waals surface area (Å²) in [6, 6.07) is 6.19. The van der Waals surface area contributed by atoms with Crippen LogP contribution in [-0.2, 0) is 0 Å². The van der Waals surface area contributed by atoms with Crippen molar-refractivity contribution < 1.29 is 9.13 Å². The molecule has 3 heteroatoms. The lowest BCUT2D eigenvalue weighted by Crippen LogP contribution is -2.56. The molecule has 1 aromatic rings. The van der Waals surface area contributed by atoms with Crippen LogP contribution in [0, 0.1) is 11.2 Å². The summed E-state index contributed by atoms with van der Waals surface area (Å²) in [4.78, 5) is 0. The summed E-state index contributed by atoms with van der Waals surface area (Å²) in [5.74, 6) is 0.490. The molecule has 0 amide bonds. The maximum atomic E-state index is 12.8. The van der Waals surface area contributed by atoms with Gasteiger partial charge in [-0.05, 0) is 37.1 Å². The van der Waals surface area contributed by atoms with Crippen molar-refractivity contribution in [2.24, 2.45) is 5.41 Å². The molecule has 0 aromatic heterocycles. The van der Waals surface area contributed by atoms with Crippen LogP contribution in [0.15, 0.2) is 24.3 Å². The highest BCUT2D eigenvalue weighted by molar-refractivity contribution is 6.21. The highest BCUT2D eigenvalue weighted by Crippen LogP contribution is 2.51. The van der Waals surface area contributed by atoms with E-state index in [-0.39, 0.29) is 22.7 Å². The first-order valence-corrected chi connectivity index (χ1v) is 6.62. The van der Waals surface area contributed by atoms with Gasteiger partial charge in [-0.25, -0.2) is 4.39 Å². The molecule has 1 aliphatic rings. The molecule has 0 bridgehead atoms. The average Bonchev–Trinajstić information content (AvgIpc) is 2.33. The van der Waals surface area contributed by atoms with Crippen LogP contribution in [0.4, 0.5) is 4.39 Å². The fraction of sp³-hybridized carbons (Fsp3) is 0.571. The molecule has 1 saturated carbocycles. The number of halogens is 2. The highest BCUT2D eigenvalue weighted by atomic mass is 35.5. The van der Waals surface area contributed by atoms with Gasteiger partial charge in [0.1, 0.15) is 17.7 Å². The van der Waals surface area contributed by atoms with Crippen LogP contribution < -0.4 is 4.74 Å². The van der Waals surface area contributed by atoms with Crippen molar-refractivity contribution in [2.45, 2.75) is 44.6 Å². The lowest BCUT2D eigenvalue weighted by molar-refractivity contribution is -0.0462. The van der Waals surface area contributed by atoms with Crippen molar-refractivity contribution in [1.29, 1.82) is 0 Å². The molecule has 0 heterocycles. The molecule has 0 N–H and O–H groups in total. The van der Waals surface area contributed by atoms with Crippen LogP contribution in [0.3, 0.4) is 0 Å². The topological polar surface area (TPSA) is 9.23 Å². The molecule has 0 aliphatic heterocycles. The summed E-state index contributed by atoms with van der Waals surface area (Å²) in [6.45, 7) is 4.30. The molecule has 1 aliphatic carbocycles. The Balaban J connectivity index is 2.07. The first kappa shape index (κ1) is 12.7. The molecule has 17 heavy (non-hydrogen) atoms. The lowest BCUT2D eigenvalue weighted by atomic mass is 9.62. The van der Waals surface area contributed by atoms with Crippen molar-refractivity contribution in [3.05, 3.63) is 30.1 Å². The normalized spacial score (nSPS) is 26.4. The monoisotopic (exact) mass is 256 g/mol. The first-order chi connectivity index (χ1) is 8.12. The SMILES string of the molecule is CCC1(CC)C(Cl)CC1Oc1ccc(F)cc1. The predicted octanol–water partition coefficient (Wildman–Crippen LogP) is 4.39. The Morgan fingerprint density at radius 2 is 1.88 bits per heavy atom. The van der Waals surface area contributed by atoms with E-state index >= 15 is 0 Å². The molecule has 94 valence electrons. The van der Waals surface area contributed by atoms with E-state index in [1.54, 1.807) is 12.1 Å². The van der Waals surface area contributed by atoms with E-state index in [9.17, 15) is 4.39 Å². The van der Waals surface area contributed by atoms with Crippen molar-refractivity contribution in [3.63, 3.8) is 0 Å². The van der Waals surface area contributed by atoms with Gasteiger partial charge in [-0.1, -0.05) is 13.8 Å². The number of hydrogen-bond acceptors (Lipinski definition) is 1. The third-order valence-corrected chi connectivity index (χ3v) is 4.71. The number of ether oxygens (including phenoxy) is 1. The van der Waals surface area contributed by atoms with Crippen molar-refractivity contribution in [3.8, 4) is 5.75 Å². The smallest absolute Gasteiger partial charge is 0.123 e. The van der Waals surface area contributed by atoms with Crippen LogP contribution >= 0.6 is 11.6 Å². The molecule has 2 rings (SSSR count). The summed E-state index contributed by atoms with van der Waals surface area (Å²) in [5, 5.41) is 0.197. The van der Waals surface area contributed by atoms with E-state index in [0.29, 0.717) is 0 Å². The Morgan fingerprint density at radius 1 is 1.29 bits per heavy atom. The molecule has 0 saturated heterocycles. The quantitative estimate of drug-likeness (QED) is 0.726. The third kappa shape index (κ3) is 2.15. The number of rotatable bonds is 4. The van der Waals surface area contributed by atoms with Gasteiger partial charge in [0.2, 0.25) is 0 Å². The Hall–Kier alpha value is -0.760. The summed E-state index contributed by atoms with van der Waals surface area (Å²) in [6.07, 6.45) is 3.07. The molecular formula is C14H18ClFO. The second-order valence-corrected chi connectivity index (χ2v) is 5.23. The fourth-order valence-corrected chi connectivity index (χ4v) is 3.30. The van der Waals surface area contributed by atoms with Crippen molar-refractivity contribution in [2.75, 3.05) is 0 Å². The van der Waals surface area contributed by atoms with Crippen LogP contribution in [-0.4, -0.2) is 11.5 Å². The van der Waals surface area contributed by atoms with Crippen LogP contribution in [0.1, 0.15) is 33.1 Å². The van der Waals surface area contributed by atoms with E-state index in [1.807, 2.05) is 0 Å². The molecular weight excluding hydrogens is 239 g/mol. The van der Waals surface area contributed by atoms with Crippen LogP contribution in [0.2, 0.25) is 0 Å². The Bertz CT molecular complexity index is 372. The lowest BCUT2D eigenvalue weighted by Gasteiger charge is -2.52. The Labute approximate surface area is 107 Å². The van der Waals surface area contributed by atoms with E-state index in [1.165, 1.54) is 12.1 Å². The largest absolute Gasteiger partial charge is 0.490 e. The van der Waals surface area contributed by atoms with Crippen molar-refractivity contribution >= 4 is 11.6 Å². The number of alkyl halides is 1. The minimum atomic E-state index is -0.238. The summed E-state index contributed by atoms with van der Waals surface area (Å²) in [7, 11) is 0. The van der Waals surface area contributed by atoms with E-state index in [2.05, 4.69) is 13.8 Å². The zero-order chi connectivity index (χ0) is 12.5. The predicted molar refractivity (Wildman–Crippen MR) is 68.1 cm³/mol. The fourth-order valence-electron chi connectivity index (χ4n) is 2.69. The molecule has 2 unspecified atom stereocenters. The molecule has 1 fully saturated rings. The number of hydrogen-bond donors (Lipinski definition) is 0. The van der Waals surface area contributed by atoms with Gasteiger partial charge in [-0.15, -0.1) is 11.6 Å². The minimum absolute atomic E-state index is 0.0793. The van der Waals surface area contributed by atoms with E-state index in [0.717, 1.165) is 25.0 Å².